The molecule has 3 aliphatic rings. The summed E-state index contributed by atoms with van der Waals surface area (Å²) < 4.78 is 5.86. The van der Waals surface area contributed by atoms with Crippen LogP contribution in [-0.4, -0.2) is 73.9 Å². The summed E-state index contributed by atoms with van der Waals surface area (Å²) in [5.74, 6) is 7.04. The molecule has 38 heavy (non-hydrogen) atoms. The van der Waals surface area contributed by atoms with Crippen LogP contribution in [0.4, 0.5) is 10.5 Å². The SMILES string of the molecule is CC#CC1(O)CC[C@@]2(Cc3ccccc3N(C)C)c3ccc(OC(=O)N4CCN(C)CC4)cc3CC[C@@H]2C1. The first-order chi connectivity index (χ1) is 18.2. The molecule has 5 rings (SSSR count). The molecule has 6 nitrogen and oxygen atoms in total. The van der Waals surface area contributed by atoms with Crippen molar-refractivity contribution in [2.75, 3.05) is 52.2 Å². The number of benzene rings is 2. The normalized spacial score (nSPS) is 27.0. The monoisotopic (exact) mass is 515 g/mol. The Morgan fingerprint density at radius 3 is 2.63 bits per heavy atom. The molecule has 2 aliphatic carbocycles. The Kier molecular flexibility index (Phi) is 7.44. The van der Waals surface area contributed by atoms with Gasteiger partial charge in [0.1, 0.15) is 11.4 Å². The Morgan fingerprint density at radius 2 is 1.89 bits per heavy atom. The minimum atomic E-state index is -0.917. The van der Waals surface area contributed by atoms with Gasteiger partial charge in [0, 0.05) is 51.4 Å². The average Bonchev–Trinajstić information content (AvgIpc) is 2.89. The highest BCUT2D eigenvalue weighted by molar-refractivity contribution is 5.71. The van der Waals surface area contributed by atoms with Crippen LogP contribution in [0, 0.1) is 17.8 Å². The van der Waals surface area contributed by atoms with E-state index in [4.69, 9.17) is 4.74 Å². The predicted molar refractivity (Wildman–Crippen MR) is 152 cm³/mol. The van der Waals surface area contributed by atoms with Crippen molar-refractivity contribution in [3.8, 4) is 17.6 Å². The summed E-state index contributed by atoms with van der Waals surface area (Å²) >= 11 is 0. The molecule has 2 aromatic carbocycles. The van der Waals surface area contributed by atoms with Crippen LogP contribution in [0.2, 0.25) is 0 Å². The first-order valence-corrected chi connectivity index (χ1v) is 13.9. The highest BCUT2D eigenvalue weighted by atomic mass is 16.6. The second-order valence-electron chi connectivity index (χ2n) is 11.7. The van der Waals surface area contributed by atoms with Gasteiger partial charge in [-0.2, -0.15) is 0 Å². The van der Waals surface area contributed by atoms with E-state index < -0.39 is 5.60 Å². The molecule has 6 heteroatoms. The molecular formula is C32H41N3O3. The van der Waals surface area contributed by atoms with Crippen molar-refractivity contribution >= 4 is 11.8 Å². The van der Waals surface area contributed by atoms with Crippen LogP contribution in [0.25, 0.3) is 0 Å². The zero-order chi connectivity index (χ0) is 26.9. The lowest BCUT2D eigenvalue weighted by molar-refractivity contribution is -0.00801. The van der Waals surface area contributed by atoms with Crippen LogP contribution in [-0.2, 0) is 18.3 Å². The van der Waals surface area contributed by atoms with Crippen LogP contribution in [0.15, 0.2) is 42.5 Å². The van der Waals surface area contributed by atoms with E-state index in [0.29, 0.717) is 37.6 Å². The molecule has 1 heterocycles. The number of nitrogens with zero attached hydrogens (tertiary/aromatic N) is 3. The van der Waals surface area contributed by atoms with Gasteiger partial charge in [-0.25, -0.2) is 4.79 Å². The number of rotatable bonds is 4. The number of piperazine rings is 1. The van der Waals surface area contributed by atoms with Gasteiger partial charge in [-0.1, -0.05) is 30.2 Å². The molecule has 0 radical (unpaired) electrons. The number of carbonyl (C=O) groups excluding carboxylic acids is 1. The van der Waals surface area contributed by atoms with Gasteiger partial charge in [0.2, 0.25) is 0 Å². The number of amides is 1. The quantitative estimate of drug-likeness (QED) is 0.609. The number of hydrogen-bond donors (Lipinski definition) is 1. The van der Waals surface area contributed by atoms with Crippen LogP contribution in [0.5, 0.6) is 5.75 Å². The van der Waals surface area contributed by atoms with Crippen molar-refractivity contribution in [3.63, 3.8) is 0 Å². The lowest BCUT2D eigenvalue weighted by Crippen LogP contribution is -2.51. The first-order valence-electron chi connectivity index (χ1n) is 13.9. The highest BCUT2D eigenvalue weighted by Crippen LogP contribution is 2.55. The summed E-state index contributed by atoms with van der Waals surface area (Å²) in [5, 5.41) is 11.3. The van der Waals surface area contributed by atoms with Gasteiger partial charge >= 0.3 is 6.09 Å². The predicted octanol–water partition coefficient (Wildman–Crippen LogP) is 4.48. The number of carbonyl (C=O) groups is 1. The molecule has 2 aromatic rings. The molecule has 1 amide bonds. The fourth-order valence-corrected chi connectivity index (χ4v) is 6.99. The number of anilines is 1. The smallest absolute Gasteiger partial charge is 0.410 e. The molecular weight excluding hydrogens is 474 g/mol. The van der Waals surface area contributed by atoms with Crippen molar-refractivity contribution in [1.29, 1.82) is 0 Å². The largest absolute Gasteiger partial charge is 0.415 e. The van der Waals surface area contributed by atoms with E-state index in [0.717, 1.165) is 38.8 Å². The number of para-hydroxylation sites is 1. The standard InChI is InChI=1S/C32H41N3O3/c1-5-14-31(37)15-16-32(22-25-8-6-7-9-29(25)33(2)3)26(23-31)11-10-24-21-27(12-13-28(24)32)38-30(36)35-19-17-34(4)18-20-35/h6-9,12-13,21,26,37H,10-11,15-20,22-23H2,1-4H3/t26-,31?,32+/m1/s1. The first kappa shape index (κ1) is 26.6. The molecule has 1 N–H and O–H groups in total. The van der Waals surface area contributed by atoms with E-state index in [2.05, 4.69) is 79.2 Å². The third-order valence-electron chi connectivity index (χ3n) is 9.03. The Morgan fingerprint density at radius 1 is 1.13 bits per heavy atom. The third kappa shape index (κ3) is 5.15. The molecule has 2 fully saturated rings. The molecule has 202 valence electrons. The number of ether oxygens (including phenoxy) is 1. The van der Waals surface area contributed by atoms with Gasteiger partial charge in [-0.05, 0) is 93.3 Å². The van der Waals surface area contributed by atoms with Crippen LogP contribution in [0.3, 0.4) is 0 Å². The minimum absolute atomic E-state index is 0.0959. The Balaban J connectivity index is 1.47. The maximum Gasteiger partial charge on any atom is 0.415 e. The number of aryl methyl sites for hydroxylation is 1. The lowest BCUT2D eigenvalue weighted by atomic mass is 9.52. The summed E-state index contributed by atoms with van der Waals surface area (Å²) in [4.78, 5) is 19.1. The van der Waals surface area contributed by atoms with Crippen molar-refractivity contribution in [3.05, 3.63) is 59.2 Å². The van der Waals surface area contributed by atoms with Crippen molar-refractivity contribution < 1.29 is 14.6 Å². The van der Waals surface area contributed by atoms with Crippen LogP contribution >= 0.6 is 0 Å². The summed E-state index contributed by atoms with van der Waals surface area (Å²) in [5.41, 5.74) is 4.15. The third-order valence-corrected chi connectivity index (χ3v) is 9.03. The molecule has 0 bridgehead atoms. The van der Waals surface area contributed by atoms with E-state index in [1.54, 1.807) is 4.90 Å². The zero-order valence-electron chi connectivity index (χ0n) is 23.3. The van der Waals surface area contributed by atoms with Crippen LogP contribution in [0.1, 0.15) is 49.3 Å². The molecule has 0 aromatic heterocycles. The fourth-order valence-electron chi connectivity index (χ4n) is 6.99. The minimum Gasteiger partial charge on any atom is -0.410 e. The molecule has 0 spiro atoms. The van der Waals surface area contributed by atoms with E-state index in [1.165, 1.54) is 22.4 Å². The van der Waals surface area contributed by atoms with Crippen molar-refractivity contribution in [2.45, 2.75) is 56.5 Å². The maximum atomic E-state index is 12.8. The summed E-state index contributed by atoms with van der Waals surface area (Å²) in [7, 11) is 6.27. The Hall–Kier alpha value is -3.01. The van der Waals surface area contributed by atoms with Crippen molar-refractivity contribution in [2.24, 2.45) is 5.92 Å². The summed E-state index contributed by atoms with van der Waals surface area (Å²) in [6.07, 6.45) is 4.77. The van der Waals surface area contributed by atoms with Gasteiger partial charge in [0.05, 0.1) is 0 Å². The summed E-state index contributed by atoms with van der Waals surface area (Å²) in [6, 6.07) is 14.9. The topological polar surface area (TPSA) is 56.3 Å². The number of likely N-dealkylation sites (N-methyl/N-ethyl adjacent to an activating group) is 1. The van der Waals surface area contributed by atoms with E-state index in [9.17, 15) is 9.90 Å². The molecule has 1 saturated carbocycles. The van der Waals surface area contributed by atoms with Gasteiger partial charge < -0.3 is 24.5 Å². The van der Waals surface area contributed by atoms with Crippen LogP contribution < -0.4 is 9.64 Å². The van der Waals surface area contributed by atoms with Gasteiger partial charge in [0.15, 0.2) is 0 Å². The molecule has 1 saturated heterocycles. The summed E-state index contributed by atoms with van der Waals surface area (Å²) in [6.45, 7) is 4.94. The van der Waals surface area contributed by atoms with Crippen molar-refractivity contribution in [1.82, 2.24) is 9.80 Å². The van der Waals surface area contributed by atoms with Gasteiger partial charge in [0.25, 0.3) is 0 Å². The van der Waals surface area contributed by atoms with Gasteiger partial charge in [-0.15, -0.1) is 5.92 Å². The zero-order valence-corrected chi connectivity index (χ0v) is 23.3. The average molecular weight is 516 g/mol. The Bertz CT molecular complexity index is 1240. The number of fused-ring (bicyclic) bond motifs is 3. The maximum absolute atomic E-state index is 12.8. The Labute approximate surface area is 227 Å². The molecule has 1 aliphatic heterocycles. The fraction of sp³-hybridized carbons (Fsp3) is 0.531. The van der Waals surface area contributed by atoms with Gasteiger partial charge in [-0.3, -0.25) is 0 Å². The second kappa shape index (κ2) is 10.6. The second-order valence-corrected chi connectivity index (χ2v) is 11.7. The number of hydrogen-bond acceptors (Lipinski definition) is 5. The van der Waals surface area contributed by atoms with E-state index in [1.807, 2.05) is 13.0 Å². The lowest BCUT2D eigenvalue weighted by Gasteiger charge is -2.52. The number of aliphatic hydroxyl groups is 1. The molecule has 3 atom stereocenters. The van der Waals surface area contributed by atoms with E-state index >= 15 is 0 Å². The van der Waals surface area contributed by atoms with E-state index in [-0.39, 0.29) is 11.5 Å². The molecule has 1 unspecified atom stereocenters. The highest BCUT2D eigenvalue weighted by Gasteiger charge is 2.51.